The molecule has 0 saturated carbocycles. The van der Waals surface area contributed by atoms with Crippen LogP contribution in [0.15, 0.2) is 0 Å². The number of carbonyl (C=O) groups is 1. The molecular weight excluding hydrogens is 202 g/mol. The Kier molecular flexibility index (Phi) is 5.26. The molecule has 2 atom stereocenters. The summed E-state index contributed by atoms with van der Waals surface area (Å²) >= 11 is 0. The van der Waals surface area contributed by atoms with Crippen molar-refractivity contribution in [2.45, 2.75) is 33.6 Å². The average Bonchev–Trinajstić information content (AvgIpc) is 2.58. The van der Waals surface area contributed by atoms with Gasteiger partial charge in [-0.05, 0) is 31.2 Å². The van der Waals surface area contributed by atoms with E-state index < -0.39 is 0 Å². The van der Waals surface area contributed by atoms with Crippen LogP contribution in [0.3, 0.4) is 0 Å². The van der Waals surface area contributed by atoms with E-state index in [1.54, 1.807) is 0 Å². The molecule has 16 heavy (non-hydrogen) atoms. The normalized spacial score (nSPS) is 26.3. The van der Waals surface area contributed by atoms with Crippen molar-refractivity contribution in [2.75, 3.05) is 26.7 Å². The monoisotopic (exact) mass is 227 g/mol. The second-order valence-corrected chi connectivity index (χ2v) is 5.40. The van der Waals surface area contributed by atoms with E-state index in [1.807, 2.05) is 0 Å². The van der Waals surface area contributed by atoms with Crippen molar-refractivity contribution in [3.8, 4) is 0 Å². The number of nitrogens with zero attached hydrogens (tertiary/aromatic N) is 1. The van der Waals surface area contributed by atoms with Gasteiger partial charge in [0.1, 0.15) is 0 Å². The molecular formula is C13H25NO2. The highest BCUT2D eigenvalue weighted by molar-refractivity contribution is 5.73. The molecule has 0 radical (unpaired) electrons. The first-order chi connectivity index (χ1) is 7.54. The summed E-state index contributed by atoms with van der Waals surface area (Å²) in [5.41, 5.74) is 0. The Morgan fingerprint density at radius 1 is 1.44 bits per heavy atom. The molecule has 1 rings (SSSR count). The van der Waals surface area contributed by atoms with Crippen molar-refractivity contribution in [1.82, 2.24) is 4.90 Å². The summed E-state index contributed by atoms with van der Waals surface area (Å²) in [6.07, 6.45) is 2.51. The Balaban J connectivity index is 2.30. The van der Waals surface area contributed by atoms with Gasteiger partial charge in [-0.2, -0.15) is 0 Å². The van der Waals surface area contributed by atoms with Crippen molar-refractivity contribution < 1.29 is 9.53 Å². The number of esters is 1. The number of hydrogen-bond donors (Lipinski definition) is 0. The van der Waals surface area contributed by atoms with Gasteiger partial charge in [-0.1, -0.05) is 20.8 Å². The number of ether oxygens (including phenoxy) is 1. The Morgan fingerprint density at radius 2 is 2.12 bits per heavy atom. The molecule has 0 aromatic heterocycles. The number of methoxy groups -OCH3 is 1. The SMILES string of the molecule is COC(=O)C1CN(CCCC(C)C)CC1C. The highest BCUT2D eigenvalue weighted by Crippen LogP contribution is 2.24. The molecule has 0 amide bonds. The minimum absolute atomic E-state index is 0.0427. The Morgan fingerprint density at radius 3 is 2.69 bits per heavy atom. The molecule has 1 fully saturated rings. The van der Waals surface area contributed by atoms with Gasteiger partial charge in [-0.3, -0.25) is 4.79 Å². The lowest BCUT2D eigenvalue weighted by atomic mass is 9.99. The largest absolute Gasteiger partial charge is 0.469 e. The third-order valence-electron chi connectivity index (χ3n) is 3.45. The molecule has 3 heteroatoms. The van der Waals surface area contributed by atoms with E-state index in [0.29, 0.717) is 5.92 Å². The Labute approximate surface area is 99.1 Å². The molecule has 2 unspecified atom stereocenters. The maximum Gasteiger partial charge on any atom is 0.310 e. The zero-order chi connectivity index (χ0) is 12.1. The second-order valence-electron chi connectivity index (χ2n) is 5.40. The zero-order valence-corrected chi connectivity index (χ0v) is 11.0. The summed E-state index contributed by atoms with van der Waals surface area (Å²) in [6, 6.07) is 0. The summed E-state index contributed by atoms with van der Waals surface area (Å²) in [6.45, 7) is 9.69. The van der Waals surface area contributed by atoms with E-state index in [4.69, 9.17) is 4.74 Å². The Hall–Kier alpha value is -0.570. The molecule has 3 nitrogen and oxygen atoms in total. The minimum Gasteiger partial charge on any atom is -0.469 e. The van der Waals surface area contributed by atoms with Crippen LogP contribution in [0.25, 0.3) is 0 Å². The molecule has 0 aliphatic carbocycles. The van der Waals surface area contributed by atoms with E-state index >= 15 is 0 Å². The van der Waals surface area contributed by atoms with Crippen LogP contribution in [-0.2, 0) is 9.53 Å². The quantitative estimate of drug-likeness (QED) is 0.674. The molecule has 0 bridgehead atoms. The smallest absolute Gasteiger partial charge is 0.310 e. The van der Waals surface area contributed by atoms with Crippen LogP contribution in [0.5, 0.6) is 0 Å². The van der Waals surface area contributed by atoms with Gasteiger partial charge in [0.2, 0.25) is 0 Å². The molecule has 1 saturated heterocycles. The number of likely N-dealkylation sites (tertiary alicyclic amines) is 1. The van der Waals surface area contributed by atoms with E-state index in [1.165, 1.54) is 20.0 Å². The molecule has 1 aliphatic heterocycles. The fraction of sp³-hybridized carbons (Fsp3) is 0.923. The lowest BCUT2D eigenvalue weighted by Gasteiger charge is -2.15. The molecule has 0 spiro atoms. The van der Waals surface area contributed by atoms with Crippen LogP contribution in [-0.4, -0.2) is 37.6 Å². The summed E-state index contributed by atoms with van der Waals surface area (Å²) < 4.78 is 4.83. The first-order valence-electron chi connectivity index (χ1n) is 6.34. The third kappa shape index (κ3) is 3.78. The van der Waals surface area contributed by atoms with Crippen LogP contribution < -0.4 is 0 Å². The summed E-state index contributed by atoms with van der Waals surface area (Å²) in [5.74, 6) is 1.26. The third-order valence-corrected chi connectivity index (χ3v) is 3.45. The summed E-state index contributed by atoms with van der Waals surface area (Å²) in [7, 11) is 1.48. The van der Waals surface area contributed by atoms with E-state index in [9.17, 15) is 4.79 Å². The summed E-state index contributed by atoms with van der Waals surface area (Å²) in [4.78, 5) is 13.9. The average molecular weight is 227 g/mol. The van der Waals surface area contributed by atoms with Crippen LogP contribution in [0.4, 0.5) is 0 Å². The zero-order valence-electron chi connectivity index (χ0n) is 11.0. The predicted molar refractivity (Wildman–Crippen MR) is 65.2 cm³/mol. The van der Waals surface area contributed by atoms with E-state index in [2.05, 4.69) is 25.7 Å². The number of rotatable bonds is 5. The lowest BCUT2D eigenvalue weighted by molar-refractivity contribution is -0.146. The topological polar surface area (TPSA) is 29.5 Å². The van der Waals surface area contributed by atoms with Crippen LogP contribution >= 0.6 is 0 Å². The van der Waals surface area contributed by atoms with Crippen LogP contribution in [0.2, 0.25) is 0 Å². The van der Waals surface area contributed by atoms with Crippen molar-refractivity contribution in [3.63, 3.8) is 0 Å². The van der Waals surface area contributed by atoms with Crippen molar-refractivity contribution in [1.29, 1.82) is 0 Å². The lowest BCUT2D eigenvalue weighted by Crippen LogP contribution is -2.25. The number of hydrogen-bond acceptors (Lipinski definition) is 3. The standard InChI is InChI=1S/C13H25NO2/c1-10(2)6-5-7-14-8-11(3)12(9-14)13(15)16-4/h10-12H,5-9H2,1-4H3. The molecule has 0 aromatic carbocycles. The maximum absolute atomic E-state index is 11.5. The van der Waals surface area contributed by atoms with Gasteiger partial charge in [0.15, 0.2) is 0 Å². The van der Waals surface area contributed by atoms with Crippen LogP contribution in [0, 0.1) is 17.8 Å². The fourth-order valence-electron chi connectivity index (χ4n) is 2.43. The van der Waals surface area contributed by atoms with E-state index in [-0.39, 0.29) is 11.9 Å². The molecule has 0 N–H and O–H groups in total. The molecule has 0 aromatic rings. The highest BCUT2D eigenvalue weighted by Gasteiger charge is 2.34. The van der Waals surface area contributed by atoms with Crippen molar-refractivity contribution in [2.24, 2.45) is 17.8 Å². The maximum atomic E-state index is 11.5. The van der Waals surface area contributed by atoms with Gasteiger partial charge in [0.05, 0.1) is 13.0 Å². The summed E-state index contributed by atoms with van der Waals surface area (Å²) in [5, 5.41) is 0. The number of carbonyl (C=O) groups excluding carboxylic acids is 1. The Bertz CT molecular complexity index is 228. The van der Waals surface area contributed by atoms with Gasteiger partial charge in [0, 0.05) is 13.1 Å². The van der Waals surface area contributed by atoms with E-state index in [0.717, 1.165) is 25.6 Å². The highest BCUT2D eigenvalue weighted by atomic mass is 16.5. The van der Waals surface area contributed by atoms with Crippen molar-refractivity contribution >= 4 is 5.97 Å². The molecule has 1 heterocycles. The van der Waals surface area contributed by atoms with Crippen molar-refractivity contribution in [3.05, 3.63) is 0 Å². The minimum atomic E-state index is -0.0427. The first kappa shape index (κ1) is 13.5. The fourth-order valence-corrected chi connectivity index (χ4v) is 2.43. The molecule has 94 valence electrons. The van der Waals surface area contributed by atoms with Gasteiger partial charge < -0.3 is 9.64 Å². The van der Waals surface area contributed by atoms with Gasteiger partial charge >= 0.3 is 5.97 Å². The van der Waals surface area contributed by atoms with Gasteiger partial charge in [0.25, 0.3) is 0 Å². The van der Waals surface area contributed by atoms with Gasteiger partial charge in [-0.15, -0.1) is 0 Å². The van der Waals surface area contributed by atoms with Gasteiger partial charge in [-0.25, -0.2) is 0 Å². The second kappa shape index (κ2) is 6.24. The predicted octanol–water partition coefficient (Wildman–Crippen LogP) is 2.16. The first-order valence-corrected chi connectivity index (χ1v) is 6.34. The molecule has 1 aliphatic rings. The van der Waals surface area contributed by atoms with Crippen LogP contribution in [0.1, 0.15) is 33.6 Å².